The molecular weight excluding hydrogens is 242 g/mol. The Morgan fingerprint density at radius 1 is 1.25 bits per heavy atom. The number of rotatable bonds is 4. The quantitative estimate of drug-likeness (QED) is 0.615. The summed E-state index contributed by atoms with van der Waals surface area (Å²) in [5, 5.41) is 8.26. The number of alkyl halides is 6. The van der Waals surface area contributed by atoms with Gasteiger partial charge in [-0.25, -0.2) is 18.0 Å². The lowest BCUT2D eigenvalue weighted by molar-refractivity contribution is -0.253. The van der Waals surface area contributed by atoms with Crippen LogP contribution in [0.1, 0.15) is 6.92 Å². The van der Waals surface area contributed by atoms with Gasteiger partial charge in [-0.3, -0.25) is 0 Å². The summed E-state index contributed by atoms with van der Waals surface area (Å²) in [7, 11) is 0. The minimum Gasteiger partial charge on any atom is -0.478 e. The summed E-state index contributed by atoms with van der Waals surface area (Å²) in [6.45, 7) is 3.14. The molecule has 0 radical (unpaired) electrons. The lowest BCUT2D eigenvalue weighted by atomic mass is 9.92. The highest BCUT2D eigenvalue weighted by atomic mass is 19.4. The van der Waals surface area contributed by atoms with Crippen LogP contribution in [0, 0.1) is 5.92 Å². The second-order valence-electron chi connectivity index (χ2n) is 3.13. The van der Waals surface area contributed by atoms with Gasteiger partial charge in [-0.1, -0.05) is 13.5 Å². The number of hydrogen-bond acceptors (Lipinski definition) is 1. The Morgan fingerprint density at radius 3 is 1.88 bits per heavy atom. The van der Waals surface area contributed by atoms with Gasteiger partial charge in [-0.05, 0) is 0 Å². The average Bonchev–Trinajstić information content (AvgIpc) is 2.12. The Hall–Kier alpha value is -1.21. The van der Waals surface area contributed by atoms with E-state index in [0.29, 0.717) is 6.92 Å². The first-order valence-electron chi connectivity index (χ1n) is 3.93. The number of halogens is 6. The summed E-state index contributed by atoms with van der Waals surface area (Å²) < 4.78 is 73.5. The van der Waals surface area contributed by atoms with Gasteiger partial charge in [0.25, 0.3) is 12.1 Å². The first-order valence-corrected chi connectivity index (χ1v) is 3.93. The third kappa shape index (κ3) is 2.89. The van der Waals surface area contributed by atoms with E-state index in [1.807, 2.05) is 0 Å². The predicted octanol–water partition coefficient (Wildman–Crippen LogP) is 2.80. The van der Waals surface area contributed by atoms with Gasteiger partial charge in [0.05, 0.1) is 5.92 Å². The van der Waals surface area contributed by atoms with Gasteiger partial charge in [0.2, 0.25) is 0 Å². The van der Waals surface area contributed by atoms with Gasteiger partial charge >= 0.3 is 12.1 Å². The van der Waals surface area contributed by atoms with Crippen LogP contribution in [-0.4, -0.2) is 29.3 Å². The number of aliphatic carboxylic acids is 1. The maximum Gasteiger partial charge on any atom is 0.425 e. The molecule has 0 saturated heterocycles. The fourth-order valence-corrected chi connectivity index (χ4v) is 0.855. The normalized spacial score (nSPS) is 16.7. The van der Waals surface area contributed by atoms with Gasteiger partial charge < -0.3 is 5.11 Å². The molecule has 0 fully saturated rings. The smallest absolute Gasteiger partial charge is 0.425 e. The maximum atomic E-state index is 12.9. The molecule has 16 heavy (non-hydrogen) atoms. The molecule has 2 unspecified atom stereocenters. The van der Waals surface area contributed by atoms with Crippen LogP contribution in [-0.2, 0) is 4.79 Å². The monoisotopic (exact) mass is 250 g/mol. The fraction of sp³-hybridized carbons (Fsp3) is 0.625. The van der Waals surface area contributed by atoms with Crippen LogP contribution >= 0.6 is 0 Å². The summed E-state index contributed by atoms with van der Waals surface area (Å²) in [4.78, 5) is 10.2. The fourth-order valence-electron chi connectivity index (χ4n) is 0.855. The number of carboxylic acid groups (broad SMARTS) is 1. The van der Waals surface area contributed by atoms with Crippen molar-refractivity contribution in [1.29, 1.82) is 0 Å². The van der Waals surface area contributed by atoms with Gasteiger partial charge in [0.15, 0.2) is 0 Å². The number of hydrogen-bond donors (Lipinski definition) is 1. The lowest BCUT2D eigenvalue weighted by Crippen LogP contribution is -2.47. The van der Waals surface area contributed by atoms with Crippen molar-refractivity contribution in [3.05, 3.63) is 12.2 Å². The zero-order valence-corrected chi connectivity index (χ0v) is 7.99. The van der Waals surface area contributed by atoms with E-state index in [9.17, 15) is 31.1 Å². The molecule has 1 N–H and O–H groups in total. The first-order chi connectivity index (χ1) is 6.92. The molecule has 0 aliphatic carbocycles. The van der Waals surface area contributed by atoms with Gasteiger partial charge in [0, 0.05) is 5.57 Å². The highest BCUT2D eigenvalue weighted by Crippen LogP contribution is 2.41. The van der Waals surface area contributed by atoms with E-state index in [-0.39, 0.29) is 0 Å². The molecule has 0 aromatic heterocycles. The topological polar surface area (TPSA) is 37.3 Å². The van der Waals surface area contributed by atoms with Crippen molar-refractivity contribution in [3.8, 4) is 0 Å². The van der Waals surface area contributed by atoms with E-state index < -0.39 is 35.7 Å². The molecule has 0 aliphatic heterocycles. The summed E-state index contributed by atoms with van der Waals surface area (Å²) in [5.41, 5.74) is -1.18. The van der Waals surface area contributed by atoms with Crippen LogP contribution in [0.25, 0.3) is 0 Å². The second kappa shape index (κ2) is 4.34. The molecule has 0 amide bonds. The Morgan fingerprint density at radius 2 is 1.62 bits per heavy atom. The highest BCUT2D eigenvalue weighted by molar-refractivity contribution is 5.86. The van der Waals surface area contributed by atoms with Gasteiger partial charge in [-0.15, -0.1) is 0 Å². The number of carbonyl (C=O) groups is 1. The van der Waals surface area contributed by atoms with Crippen molar-refractivity contribution in [2.24, 2.45) is 5.92 Å². The molecule has 0 spiro atoms. The predicted molar refractivity (Wildman–Crippen MR) is 41.8 cm³/mol. The largest absolute Gasteiger partial charge is 0.478 e. The highest BCUT2D eigenvalue weighted by Gasteiger charge is 2.60. The Bertz CT molecular complexity index is 295. The Kier molecular flexibility index (Phi) is 4.01. The van der Waals surface area contributed by atoms with E-state index >= 15 is 0 Å². The van der Waals surface area contributed by atoms with Crippen molar-refractivity contribution >= 4 is 5.97 Å². The zero-order chi connectivity index (χ0) is 13.3. The van der Waals surface area contributed by atoms with E-state index in [0.717, 1.165) is 0 Å². The molecule has 0 heterocycles. The molecule has 94 valence electrons. The SMILES string of the molecule is C=C(C(=O)O)C(C)C(F)(F)C(F)C(F)(F)F. The zero-order valence-electron chi connectivity index (χ0n) is 7.99. The Balaban J connectivity index is 5.06. The van der Waals surface area contributed by atoms with E-state index in [1.54, 1.807) is 0 Å². The molecule has 0 saturated carbocycles. The third-order valence-corrected chi connectivity index (χ3v) is 2.00. The molecule has 0 rings (SSSR count). The van der Waals surface area contributed by atoms with Crippen LogP contribution in [0.5, 0.6) is 0 Å². The van der Waals surface area contributed by atoms with Gasteiger partial charge in [0.1, 0.15) is 0 Å². The second-order valence-corrected chi connectivity index (χ2v) is 3.13. The molecule has 0 aromatic carbocycles. The molecular formula is C8H8F6O2. The maximum absolute atomic E-state index is 12.9. The standard InChI is InChI=1S/C8H8F6O2/c1-3(5(15)16)4(2)7(10,11)6(9)8(12,13)14/h4,6H,1H2,2H3,(H,15,16). The number of carboxylic acids is 1. The lowest BCUT2D eigenvalue weighted by Gasteiger charge is -2.27. The molecule has 0 aromatic rings. The third-order valence-electron chi connectivity index (χ3n) is 2.00. The molecule has 2 nitrogen and oxygen atoms in total. The van der Waals surface area contributed by atoms with E-state index in [4.69, 9.17) is 5.11 Å². The minimum atomic E-state index is -5.75. The van der Waals surface area contributed by atoms with Crippen molar-refractivity contribution in [2.45, 2.75) is 25.2 Å². The van der Waals surface area contributed by atoms with E-state index in [2.05, 4.69) is 6.58 Å². The molecule has 0 aliphatic rings. The van der Waals surface area contributed by atoms with Crippen molar-refractivity contribution in [3.63, 3.8) is 0 Å². The summed E-state index contributed by atoms with van der Waals surface area (Å²) in [6, 6.07) is 0. The molecule has 8 heteroatoms. The van der Waals surface area contributed by atoms with Crippen LogP contribution in [0.4, 0.5) is 26.3 Å². The van der Waals surface area contributed by atoms with Gasteiger partial charge in [-0.2, -0.15) is 13.2 Å². The Labute approximate surface area is 86.6 Å². The van der Waals surface area contributed by atoms with Crippen LogP contribution < -0.4 is 0 Å². The molecule has 2 atom stereocenters. The van der Waals surface area contributed by atoms with Crippen LogP contribution in [0.15, 0.2) is 12.2 Å². The average molecular weight is 250 g/mol. The van der Waals surface area contributed by atoms with Crippen molar-refractivity contribution < 1.29 is 36.2 Å². The van der Waals surface area contributed by atoms with Crippen LogP contribution in [0.3, 0.4) is 0 Å². The summed E-state index contributed by atoms with van der Waals surface area (Å²) >= 11 is 0. The molecule has 0 bridgehead atoms. The summed E-state index contributed by atoms with van der Waals surface area (Å²) in [6.07, 6.45) is -10.2. The first kappa shape index (κ1) is 14.8. The summed E-state index contributed by atoms with van der Waals surface area (Å²) in [5.74, 6) is -9.23. The van der Waals surface area contributed by atoms with Crippen molar-refractivity contribution in [2.75, 3.05) is 0 Å². The minimum absolute atomic E-state index is 0.467. The van der Waals surface area contributed by atoms with E-state index in [1.165, 1.54) is 0 Å². The van der Waals surface area contributed by atoms with Crippen LogP contribution in [0.2, 0.25) is 0 Å². The van der Waals surface area contributed by atoms with Crippen molar-refractivity contribution in [1.82, 2.24) is 0 Å².